The highest BCUT2D eigenvalue weighted by molar-refractivity contribution is 5.94. The van der Waals surface area contributed by atoms with Crippen LogP contribution in [0.2, 0.25) is 0 Å². The highest BCUT2D eigenvalue weighted by atomic mass is 16.5. The Labute approximate surface area is 152 Å². The Balaban J connectivity index is 1.58. The number of hydrogen-bond donors (Lipinski definition) is 2. The zero-order chi connectivity index (χ0) is 18.7. The average Bonchev–Trinajstić information content (AvgIpc) is 3.02. The van der Waals surface area contributed by atoms with Gasteiger partial charge in [0.05, 0.1) is 18.3 Å². The summed E-state index contributed by atoms with van der Waals surface area (Å²) in [6.07, 6.45) is 4.63. The molecule has 7 nitrogen and oxygen atoms in total. The molecule has 1 fully saturated rings. The lowest BCUT2D eigenvalue weighted by molar-refractivity contribution is -0.125. The monoisotopic (exact) mass is 357 g/mol. The fourth-order valence-corrected chi connectivity index (χ4v) is 3.13. The van der Waals surface area contributed by atoms with Crippen molar-refractivity contribution in [3.05, 3.63) is 47.8 Å². The number of ketones is 1. The molecule has 0 aliphatic heterocycles. The molecular weight excluding hydrogens is 334 g/mol. The molecule has 1 aliphatic carbocycles. The van der Waals surface area contributed by atoms with Crippen LogP contribution < -0.4 is 10.1 Å². The van der Waals surface area contributed by atoms with Crippen LogP contribution in [-0.2, 0) is 11.8 Å². The highest BCUT2D eigenvalue weighted by Gasteiger charge is 2.36. The number of rotatable bonds is 7. The molecule has 0 radical (unpaired) electrons. The number of benzene rings is 1. The van der Waals surface area contributed by atoms with Gasteiger partial charge in [0.2, 0.25) is 0 Å². The molecule has 0 spiro atoms. The number of Topliss-reactive ketones (excluding diaryl/α,β-unsaturated/α-hetero) is 1. The zero-order valence-electron chi connectivity index (χ0n) is 14.9. The van der Waals surface area contributed by atoms with Gasteiger partial charge in [-0.15, -0.1) is 0 Å². The molecule has 2 aromatic rings. The van der Waals surface area contributed by atoms with Crippen molar-refractivity contribution in [2.75, 3.05) is 6.61 Å². The van der Waals surface area contributed by atoms with Crippen molar-refractivity contribution < 1.29 is 19.4 Å². The first-order chi connectivity index (χ1) is 12.4. The third-order valence-corrected chi connectivity index (χ3v) is 4.65. The smallest absolute Gasteiger partial charge is 0.258 e. The molecule has 1 aromatic carbocycles. The van der Waals surface area contributed by atoms with Crippen LogP contribution in [0.25, 0.3) is 0 Å². The topological polar surface area (TPSA) is 93.5 Å². The molecule has 26 heavy (non-hydrogen) atoms. The third kappa shape index (κ3) is 4.29. The normalized spacial score (nSPS) is 20.1. The molecular formula is C19H23N3O4. The molecule has 1 amide bonds. The number of nitrogens with zero attached hydrogens (tertiary/aromatic N) is 2. The number of aliphatic hydroxyl groups is 1. The van der Waals surface area contributed by atoms with Gasteiger partial charge in [-0.05, 0) is 49.9 Å². The van der Waals surface area contributed by atoms with E-state index in [1.165, 1.54) is 6.92 Å². The van der Waals surface area contributed by atoms with Crippen LogP contribution in [0.15, 0.2) is 36.7 Å². The van der Waals surface area contributed by atoms with Gasteiger partial charge < -0.3 is 15.2 Å². The molecule has 1 atom stereocenters. The van der Waals surface area contributed by atoms with E-state index in [1.54, 1.807) is 35.1 Å². The molecule has 2 N–H and O–H groups in total. The summed E-state index contributed by atoms with van der Waals surface area (Å²) in [6, 6.07) is 6.49. The highest BCUT2D eigenvalue weighted by Crippen LogP contribution is 2.37. The average molecular weight is 357 g/mol. The van der Waals surface area contributed by atoms with E-state index in [9.17, 15) is 14.7 Å². The summed E-state index contributed by atoms with van der Waals surface area (Å²) in [6.45, 7) is 1.38. The van der Waals surface area contributed by atoms with Crippen molar-refractivity contribution in [1.29, 1.82) is 0 Å². The van der Waals surface area contributed by atoms with E-state index < -0.39 is 0 Å². The van der Waals surface area contributed by atoms with Crippen molar-refractivity contribution in [3.63, 3.8) is 0 Å². The number of carbonyl (C=O) groups is 2. The van der Waals surface area contributed by atoms with Crippen LogP contribution in [0.3, 0.4) is 0 Å². The van der Waals surface area contributed by atoms with Gasteiger partial charge in [-0.3, -0.25) is 14.3 Å². The minimum Gasteiger partial charge on any atom is -0.484 e. The first kappa shape index (κ1) is 18.1. The number of aliphatic hydroxyl groups excluding tert-OH is 1. The van der Waals surface area contributed by atoms with E-state index in [0.29, 0.717) is 24.2 Å². The molecule has 1 heterocycles. The van der Waals surface area contributed by atoms with Crippen LogP contribution in [0, 0.1) is 5.92 Å². The number of hydrogen-bond acceptors (Lipinski definition) is 5. The van der Waals surface area contributed by atoms with Crippen molar-refractivity contribution in [2.24, 2.45) is 13.0 Å². The van der Waals surface area contributed by atoms with Gasteiger partial charge in [-0.1, -0.05) is 0 Å². The maximum absolute atomic E-state index is 12.3. The Hall–Kier alpha value is -2.67. The fraction of sp³-hybridized carbons (Fsp3) is 0.421. The summed E-state index contributed by atoms with van der Waals surface area (Å²) in [4.78, 5) is 23.6. The van der Waals surface area contributed by atoms with E-state index >= 15 is 0 Å². The second-order valence-electron chi connectivity index (χ2n) is 6.75. The lowest BCUT2D eigenvalue weighted by atomic mass is 9.75. The minimum atomic E-state index is -0.299. The Morgan fingerprint density at radius 2 is 2.04 bits per heavy atom. The fourth-order valence-electron chi connectivity index (χ4n) is 3.13. The van der Waals surface area contributed by atoms with Crippen molar-refractivity contribution in [3.8, 4) is 5.75 Å². The summed E-state index contributed by atoms with van der Waals surface area (Å²) in [7, 11) is 1.83. The summed E-state index contributed by atoms with van der Waals surface area (Å²) in [5.41, 5.74) is 1.52. The third-order valence-electron chi connectivity index (χ3n) is 4.65. The lowest BCUT2D eigenvalue weighted by Crippen LogP contribution is -2.42. The number of nitrogens with one attached hydrogen (secondary N) is 1. The number of carbonyl (C=O) groups excluding carboxylic acids is 2. The summed E-state index contributed by atoms with van der Waals surface area (Å²) in [5, 5.41) is 16.7. The van der Waals surface area contributed by atoms with Crippen molar-refractivity contribution in [2.45, 2.75) is 31.9 Å². The quantitative estimate of drug-likeness (QED) is 0.735. The summed E-state index contributed by atoms with van der Waals surface area (Å²) >= 11 is 0. The molecule has 0 unspecified atom stereocenters. The zero-order valence-corrected chi connectivity index (χ0v) is 14.9. The van der Waals surface area contributed by atoms with Crippen LogP contribution in [0.1, 0.15) is 41.7 Å². The summed E-state index contributed by atoms with van der Waals surface area (Å²) in [5.74, 6) is 0.460. The van der Waals surface area contributed by atoms with Crippen LogP contribution in [0.5, 0.6) is 5.75 Å². The van der Waals surface area contributed by atoms with Crippen molar-refractivity contribution >= 4 is 11.7 Å². The number of amides is 1. The molecule has 138 valence electrons. The maximum atomic E-state index is 12.3. The van der Waals surface area contributed by atoms with E-state index in [4.69, 9.17) is 4.74 Å². The van der Waals surface area contributed by atoms with Gasteiger partial charge in [0.25, 0.3) is 5.91 Å². The molecule has 1 aliphatic rings. The second kappa shape index (κ2) is 7.70. The van der Waals surface area contributed by atoms with E-state index in [0.717, 1.165) is 5.56 Å². The number of aromatic nitrogens is 2. The van der Waals surface area contributed by atoms with Crippen molar-refractivity contribution in [1.82, 2.24) is 15.1 Å². The number of aryl methyl sites for hydroxylation is 1. The SMILES string of the molecule is CC(=O)c1ccc(OCC(=O)N[C@@H](c2cnn(C)c2)C2CC(O)C2)cc1. The van der Waals surface area contributed by atoms with Crippen LogP contribution in [-0.4, -0.2) is 39.3 Å². The van der Waals surface area contributed by atoms with E-state index in [-0.39, 0.29) is 36.4 Å². The molecule has 0 bridgehead atoms. The van der Waals surface area contributed by atoms with Gasteiger partial charge in [0, 0.05) is 24.4 Å². The Bertz CT molecular complexity index is 778. The number of ether oxygens (including phenoxy) is 1. The van der Waals surface area contributed by atoms with Gasteiger partial charge in [0.1, 0.15) is 5.75 Å². The first-order valence-corrected chi connectivity index (χ1v) is 8.62. The predicted octanol–water partition coefficient (Wildman–Crippen LogP) is 1.63. The van der Waals surface area contributed by atoms with Crippen LogP contribution in [0.4, 0.5) is 0 Å². The van der Waals surface area contributed by atoms with Gasteiger partial charge in [-0.2, -0.15) is 5.10 Å². The molecule has 1 aromatic heterocycles. The Kier molecular flexibility index (Phi) is 5.37. The van der Waals surface area contributed by atoms with Crippen LogP contribution >= 0.6 is 0 Å². The van der Waals surface area contributed by atoms with E-state index in [1.807, 2.05) is 13.2 Å². The largest absolute Gasteiger partial charge is 0.484 e. The second-order valence-corrected chi connectivity index (χ2v) is 6.75. The van der Waals surface area contributed by atoms with Gasteiger partial charge in [-0.25, -0.2) is 0 Å². The molecule has 0 saturated heterocycles. The van der Waals surface area contributed by atoms with E-state index in [2.05, 4.69) is 10.4 Å². The minimum absolute atomic E-state index is 0.0173. The predicted molar refractivity (Wildman–Crippen MR) is 94.8 cm³/mol. The molecule has 3 rings (SSSR count). The molecule has 7 heteroatoms. The lowest BCUT2D eigenvalue weighted by Gasteiger charge is -2.37. The first-order valence-electron chi connectivity index (χ1n) is 8.62. The Morgan fingerprint density at radius 3 is 2.58 bits per heavy atom. The van der Waals surface area contributed by atoms with Gasteiger partial charge >= 0.3 is 0 Å². The Morgan fingerprint density at radius 1 is 1.35 bits per heavy atom. The maximum Gasteiger partial charge on any atom is 0.258 e. The van der Waals surface area contributed by atoms with Gasteiger partial charge in [0.15, 0.2) is 12.4 Å². The summed E-state index contributed by atoms with van der Waals surface area (Å²) < 4.78 is 7.19. The molecule has 1 saturated carbocycles. The standard InChI is InChI=1S/C19H23N3O4/c1-12(23)13-3-5-17(6-4-13)26-11-18(25)21-19(14-7-16(24)8-14)15-9-20-22(2)10-15/h3-6,9-10,14,16,19,24H,7-8,11H2,1-2H3,(H,21,25)/t14?,16?,19-/m1/s1.